The largest absolute Gasteiger partial charge is 0.416 e. The van der Waals surface area contributed by atoms with Gasteiger partial charge in [0, 0.05) is 13.0 Å². The van der Waals surface area contributed by atoms with Crippen LogP contribution in [0.15, 0.2) is 41.8 Å². The number of hydrogen-bond donors (Lipinski definition) is 1. The zero-order chi connectivity index (χ0) is 21.1. The summed E-state index contributed by atoms with van der Waals surface area (Å²) in [5.41, 5.74) is 1.58. The van der Waals surface area contributed by atoms with E-state index in [9.17, 15) is 18.0 Å². The lowest BCUT2D eigenvalue weighted by Crippen LogP contribution is -2.33. The molecule has 1 aromatic carbocycles. The summed E-state index contributed by atoms with van der Waals surface area (Å²) in [6, 6.07) is 8.19. The smallest absolute Gasteiger partial charge is 0.350 e. The molecule has 1 saturated heterocycles. The van der Waals surface area contributed by atoms with Crippen molar-refractivity contribution in [1.29, 1.82) is 0 Å². The van der Waals surface area contributed by atoms with Gasteiger partial charge in [-0.05, 0) is 42.5 Å². The lowest BCUT2D eigenvalue weighted by Gasteiger charge is -2.21. The number of benzene rings is 1. The zero-order valence-electron chi connectivity index (χ0n) is 15.6. The van der Waals surface area contributed by atoms with Crippen molar-refractivity contribution in [2.75, 3.05) is 6.61 Å². The second-order valence-electron chi connectivity index (χ2n) is 6.54. The molecule has 0 radical (unpaired) electrons. The molecule has 1 unspecified atom stereocenters. The number of ether oxygens (including phenoxy) is 1. The molecule has 11 heteroatoms. The standard InChI is InChI=1S/C19H17F3N4O3S/c20-19(21,22)12-5-3-6-13(11-12)26-17(14-7-4-10-30-14)23-16(24-26)18(27)25-29-15-8-1-2-9-28-15/h3-7,10-11,15H,1-2,8-9H2,(H,25,27). The van der Waals surface area contributed by atoms with E-state index >= 15 is 0 Å². The van der Waals surface area contributed by atoms with Crippen LogP contribution in [0.1, 0.15) is 35.4 Å². The SMILES string of the molecule is O=C(NOC1CCCCO1)c1nc(-c2cccs2)n(-c2cccc(C(F)(F)F)c2)n1. The molecule has 0 saturated carbocycles. The van der Waals surface area contributed by atoms with Gasteiger partial charge in [0.05, 0.1) is 16.1 Å². The Morgan fingerprint density at radius 2 is 2.13 bits per heavy atom. The number of nitrogens with zero attached hydrogens (tertiary/aromatic N) is 3. The molecule has 3 aromatic rings. The minimum atomic E-state index is -4.51. The maximum Gasteiger partial charge on any atom is 0.416 e. The van der Waals surface area contributed by atoms with Gasteiger partial charge in [-0.3, -0.25) is 4.79 Å². The maximum absolute atomic E-state index is 13.1. The molecule has 1 aliphatic rings. The number of rotatable bonds is 5. The molecular weight excluding hydrogens is 421 g/mol. The Morgan fingerprint density at radius 1 is 1.27 bits per heavy atom. The van der Waals surface area contributed by atoms with E-state index < -0.39 is 23.9 Å². The fraction of sp³-hybridized carbons (Fsp3) is 0.316. The first-order valence-corrected chi connectivity index (χ1v) is 10.1. The molecule has 158 valence electrons. The Balaban J connectivity index is 1.63. The highest BCUT2D eigenvalue weighted by Crippen LogP contribution is 2.32. The molecule has 1 aliphatic heterocycles. The van der Waals surface area contributed by atoms with Gasteiger partial charge in [-0.2, -0.15) is 13.2 Å². The summed E-state index contributed by atoms with van der Waals surface area (Å²) in [6.07, 6.45) is -2.56. The van der Waals surface area contributed by atoms with E-state index in [1.165, 1.54) is 28.2 Å². The fourth-order valence-corrected chi connectivity index (χ4v) is 3.63. The van der Waals surface area contributed by atoms with Crippen molar-refractivity contribution < 1.29 is 27.5 Å². The van der Waals surface area contributed by atoms with Gasteiger partial charge in [0.1, 0.15) is 0 Å². The molecule has 1 N–H and O–H groups in total. The molecule has 2 aromatic heterocycles. The van der Waals surface area contributed by atoms with Crippen molar-refractivity contribution in [3.63, 3.8) is 0 Å². The first-order chi connectivity index (χ1) is 14.4. The van der Waals surface area contributed by atoms with Gasteiger partial charge in [-0.25, -0.2) is 20.0 Å². The molecular formula is C19H17F3N4O3S. The van der Waals surface area contributed by atoms with Gasteiger partial charge in [0.25, 0.3) is 0 Å². The Kier molecular flexibility index (Phi) is 5.84. The van der Waals surface area contributed by atoms with Crippen LogP contribution in [-0.4, -0.2) is 33.6 Å². The second-order valence-corrected chi connectivity index (χ2v) is 7.49. The van der Waals surface area contributed by atoms with Crippen LogP contribution >= 0.6 is 11.3 Å². The van der Waals surface area contributed by atoms with E-state index in [2.05, 4.69) is 15.6 Å². The molecule has 30 heavy (non-hydrogen) atoms. The summed E-state index contributed by atoms with van der Waals surface area (Å²) in [6.45, 7) is 0.547. The average Bonchev–Trinajstić information content (AvgIpc) is 3.42. The van der Waals surface area contributed by atoms with Gasteiger partial charge in [0.15, 0.2) is 12.1 Å². The normalized spacial score (nSPS) is 17.1. The van der Waals surface area contributed by atoms with Crippen molar-refractivity contribution in [3.8, 4) is 16.4 Å². The van der Waals surface area contributed by atoms with Gasteiger partial charge in [0.2, 0.25) is 5.82 Å². The Bertz CT molecular complexity index is 1010. The predicted octanol–water partition coefficient (Wildman–Crippen LogP) is 4.20. The molecule has 4 rings (SSSR count). The zero-order valence-corrected chi connectivity index (χ0v) is 16.4. The molecule has 1 fully saturated rings. The number of hydrogen-bond acceptors (Lipinski definition) is 6. The number of amides is 1. The van der Waals surface area contributed by atoms with E-state index in [1.54, 1.807) is 17.5 Å². The summed E-state index contributed by atoms with van der Waals surface area (Å²) in [5.74, 6) is -0.692. The molecule has 7 nitrogen and oxygen atoms in total. The maximum atomic E-state index is 13.1. The number of aromatic nitrogens is 3. The highest BCUT2D eigenvalue weighted by Gasteiger charge is 2.31. The third-order valence-electron chi connectivity index (χ3n) is 4.39. The second kappa shape index (κ2) is 8.54. The molecule has 1 atom stereocenters. The van der Waals surface area contributed by atoms with Gasteiger partial charge < -0.3 is 4.74 Å². The minimum absolute atomic E-state index is 0.135. The number of nitrogens with one attached hydrogen (secondary N) is 1. The topological polar surface area (TPSA) is 78.3 Å². The van der Waals surface area contributed by atoms with Crippen LogP contribution in [0.2, 0.25) is 0 Å². The number of halogens is 3. The van der Waals surface area contributed by atoms with E-state index in [0.717, 1.165) is 25.0 Å². The Morgan fingerprint density at radius 3 is 2.83 bits per heavy atom. The minimum Gasteiger partial charge on any atom is -0.350 e. The Labute approximate surface area is 173 Å². The van der Waals surface area contributed by atoms with E-state index in [-0.39, 0.29) is 17.3 Å². The van der Waals surface area contributed by atoms with Crippen LogP contribution in [0.3, 0.4) is 0 Å². The van der Waals surface area contributed by atoms with Crippen LogP contribution in [-0.2, 0) is 15.8 Å². The van der Waals surface area contributed by atoms with Crippen LogP contribution in [0.4, 0.5) is 13.2 Å². The third-order valence-corrected chi connectivity index (χ3v) is 5.26. The lowest BCUT2D eigenvalue weighted by atomic mass is 10.2. The van der Waals surface area contributed by atoms with Crippen molar-refractivity contribution in [2.45, 2.75) is 31.7 Å². The highest BCUT2D eigenvalue weighted by atomic mass is 32.1. The molecule has 0 spiro atoms. The van der Waals surface area contributed by atoms with Gasteiger partial charge in [-0.15, -0.1) is 16.4 Å². The van der Waals surface area contributed by atoms with Crippen molar-refractivity contribution >= 4 is 17.2 Å². The summed E-state index contributed by atoms with van der Waals surface area (Å²) in [7, 11) is 0. The number of carbonyl (C=O) groups is 1. The quantitative estimate of drug-likeness (QED) is 0.604. The molecule has 3 heterocycles. The third kappa shape index (κ3) is 4.53. The molecule has 0 aliphatic carbocycles. The van der Waals surface area contributed by atoms with Crippen molar-refractivity contribution in [3.05, 3.63) is 53.2 Å². The first kappa shape index (κ1) is 20.5. The van der Waals surface area contributed by atoms with E-state index in [4.69, 9.17) is 9.57 Å². The summed E-state index contributed by atoms with van der Waals surface area (Å²) in [4.78, 5) is 22.6. The molecule has 0 bridgehead atoms. The van der Waals surface area contributed by atoms with Crippen LogP contribution < -0.4 is 5.48 Å². The first-order valence-electron chi connectivity index (χ1n) is 9.18. The fourth-order valence-electron chi connectivity index (χ4n) is 2.94. The highest BCUT2D eigenvalue weighted by molar-refractivity contribution is 7.13. The van der Waals surface area contributed by atoms with E-state index in [1.807, 2.05) is 0 Å². The van der Waals surface area contributed by atoms with Crippen LogP contribution in [0, 0.1) is 0 Å². The van der Waals surface area contributed by atoms with Crippen molar-refractivity contribution in [2.24, 2.45) is 0 Å². The molecule has 1 amide bonds. The predicted molar refractivity (Wildman–Crippen MR) is 102 cm³/mol. The van der Waals surface area contributed by atoms with Crippen molar-refractivity contribution in [1.82, 2.24) is 20.2 Å². The van der Waals surface area contributed by atoms with E-state index in [0.29, 0.717) is 17.9 Å². The Hall–Kier alpha value is -2.76. The van der Waals surface area contributed by atoms with Crippen LogP contribution in [0.5, 0.6) is 0 Å². The van der Waals surface area contributed by atoms with Gasteiger partial charge >= 0.3 is 12.1 Å². The number of hydroxylamine groups is 1. The summed E-state index contributed by atoms with van der Waals surface area (Å²) >= 11 is 1.33. The lowest BCUT2D eigenvalue weighted by molar-refractivity contribution is -0.186. The number of alkyl halides is 3. The van der Waals surface area contributed by atoms with Crippen LogP contribution in [0.25, 0.3) is 16.4 Å². The summed E-state index contributed by atoms with van der Waals surface area (Å²) < 4.78 is 46.0. The average molecular weight is 438 g/mol. The van der Waals surface area contributed by atoms with Gasteiger partial charge in [-0.1, -0.05) is 12.1 Å². The summed E-state index contributed by atoms with van der Waals surface area (Å²) in [5, 5.41) is 5.93. The monoisotopic (exact) mass is 438 g/mol. The number of carbonyl (C=O) groups excluding carboxylic acids is 1. The number of thiophene rings is 1.